The Bertz CT molecular complexity index is 1730. The number of allylic oxidation sites excluding steroid dienone is 6. The summed E-state index contributed by atoms with van der Waals surface area (Å²) >= 11 is 2.00. The molecule has 1 saturated heterocycles. The average molecular weight is 511 g/mol. The number of fused-ring (bicyclic) bond motifs is 5. The normalized spacial score (nSPS) is 21.0. The van der Waals surface area contributed by atoms with E-state index in [1.807, 2.05) is 17.8 Å². The number of thioether (sulfide) groups is 1. The van der Waals surface area contributed by atoms with Crippen LogP contribution < -0.4 is 4.90 Å². The van der Waals surface area contributed by atoms with E-state index in [2.05, 4.69) is 127 Å². The molecule has 38 heavy (non-hydrogen) atoms. The number of para-hydroxylation sites is 1. The summed E-state index contributed by atoms with van der Waals surface area (Å²) in [6, 6.07) is 24.1. The molecule has 3 aromatic carbocycles. The minimum absolute atomic E-state index is 0.236. The molecule has 3 aliphatic rings. The molecule has 2 unspecified atom stereocenters. The number of anilines is 1. The topological polar surface area (TPSA) is 19.0 Å². The lowest BCUT2D eigenvalue weighted by Crippen LogP contribution is -2.45. The summed E-state index contributed by atoms with van der Waals surface area (Å²) in [5.41, 5.74) is 8.53. The molecular formula is C35H30N2S. The number of nitrogens with one attached hydrogen (secondary N) is 1. The van der Waals surface area contributed by atoms with Crippen LogP contribution >= 0.6 is 11.8 Å². The van der Waals surface area contributed by atoms with Gasteiger partial charge in [0.15, 0.2) is 0 Å². The smallest absolute Gasteiger partial charge is 0.0689 e. The largest absolute Gasteiger partial charge is 0.355 e. The molecule has 1 aliphatic heterocycles. The molecule has 1 N–H and O–H groups in total. The molecule has 2 nitrogen and oxygen atoms in total. The monoisotopic (exact) mass is 510 g/mol. The van der Waals surface area contributed by atoms with E-state index in [4.69, 9.17) is 0 Å². The Morgan fingerprint density at radius 1 is 1.00 bits per heavy atom. The third-order valence-corrected chi connectivity index (χ3v) is 9.26. The fourth-order valence-electron chi connectivity index (χ4n) is 6.06. The van der Waals surface area contributed by atoms with Gasteiger partial charge in [0.1, 0.15) is 0 Å². The van der Waals surface area contributed by atoms with Crippen LogP contribution in [0.25, 0.3) is 27.8 Å². The Kier molecular flexibility index (Phi) is 5.74. The van der Waals surface area contributed by atoms with E-state index in [-0.39, 0.29) is 6.04 Å². The lowest BCUT2D eigenvalue weighted by molar-refractivity contribution is 0.748. The van der Waals surface area contributed by atoms with Gasteiger partial charge in [-0.1, -0.05) is 91.6 Å². The van der Waals surface area contributed by atoms with Crippen molar-refractivity contribution in [1.82, 2.24) is 4.98 Å². The standard InChI is InChI=1S/C35H30N2S/c1-3-24(21-30-23(2)35-28-14-8-7-11-25(28)17-19-29(35)36-30)26-18-20-34-32(22-26)37(27-12-5-4-6-13-27)31-15-9-10-16-33(31)38-34/h3-8,11-22,32,34,36H,1,9-10H2,2H3/b24-21+. The van der Waals surface area contributed by atoms with Crippen LogP contribution in [0.5, 0.6) is 0 Å². The minimum Gasteiger partial charge on any atom is -0.355 e. The van der Waals surface area contributed by atoms with Crippen molar-refractivity contribution in [2.24, 2.45) is 0 Å². The van der Waals surface area contributed by atoms with Crippen molar-refractivity contribution < 1.29 is 0 Å². The maximum atomic E-state index is 4.22. The van der Waals surface area contributed by atoms with Crippen LogP contribution in [0.15, 0.2) is 132 Å². The van der Waals surface area contributed by atoms with Crippen LogP contribution in [0.2, 0.25) is 0 Å². The van der Waals surface area contributed by atoms with Crippen LogP contribution in [-0.4, -0.2) is 16.3 Å². The van der Waals surface area contributed by atoms with Gasteiger partial charge in [-0.3, -0.25) is 0 Å². The van der Waals surface area contributed by atoms with Gasteiger partial charge in [-0.25, -0.2) is 0 Å². The lowest BCUT2D eigenvalue weighted by atomic mass is 9.92. The molecule has 2 atom stereocenters. The van der Waals surface area contributed by atoms with Crippen molar-refractivity contribution in [3.05, 3.63) is 143 Å². The molecule has 3 heteroatoms. The Hall–Kier alpha value is -3.95. The Labute approximate surface area is 228 Å². The van der Waals surface area contributed by atoms with Gasteiger partial charge in [0.05, 0.1) is 17.0 Å². The second-order valence-electron chi connectivity index (χ2n) is 10.2. The summed E-state index contributed by atoms with van der Waals surface area (Å²) in [6.45, 7) is 6.44. The number of aromatic amines is 1. The van der Waals surface area contributed by atoms with Crippen LogP contribution in [0.4, 0.5) is 5.69 Å². The number of aryl methyl sites for hydroxylation is 1. The number of rotatable bonds is 4. The van der Waals surface area contributed by atoms with Crippen LogP contribution in [-0.2, 0) is 0 Å². The Morgan fingerprint density at radius 2 is 1.82 bits per heavy atom. The number of nitrogens with zero attached hydrogens (tertiary/aromatic N) is 1. The highest BCUT2D eigenvalue weighted by Crippen LogP contribution is 2.47. The van der Waals surface area contributed by atoms with E-state index in [1.165, 1.54) is 49.1 Å². The van der Waals surface area contributed by atoms with Gasteiger partial charge in [0.25, 0.3) is 0 Å². The summed E-state index contributed by atoms with van der Waals surface area (Å²) in [5, 5.41) is 4.23. The highest BCUT2D eigenvalue weighted by atomic mass is 32.2. The summed E-state index contributed by atoms with van der Waals surface area (Å²) in [5.74, 6) is 0. The van der Waals surface area contributed by atoms with E-state index < -0.39 is 0 Å². The molecule has 2 heterocycles. The van der Waals surface area contributed by atoms with E-state index in [9.17, 15) is 0 Å². The van der Waals surface area contributed by atoms with Gasteiger partial charge in [-0.2, -0.15) is 0 Å². The first-order valence-corrected chi connectivity index (χ1v) is 14.3. The van der Waals surface area contributed by atoms with Crippen LogP contribution in [0.1, 0.15) is 24.1 Å². The number of H-pyrrole nitrogens is 1. The van der Waals surface area contributed by atoms with Gasteiger partial charge in [0, 0.05) is 27.2 Å². The lowest BCUT2D eigenvalue weighted by Gasteiger charge is -2.45. The fraction of sp³-hybridized carbons (Fsp3) is 0.143. The fourth-order valence-corrected chi connectivity index (χ4v) is 7.36. The molecule has 0 radical (unpaired) electrons. The Morgan fingerprint density at radius 3 is 2.68 bits per heavy atom. The SMILES string of the molecule is C=C/C(=C\c1[nH]c2ccc3ccccc3c2c1C)C1=CC2C(C=C1)SC1=CCCC=C1N2c1ccccc1. The quantitative estimate of drug-likeness (QED) is 0.276. The molecule has 1 fully saturated rings. The molecular weight excluding hydrogens is 480 g/mol. The minimum atomic E-state index is 0.236. The van der Waals surface area contributed by atoms with Crippen molar-refractivity contribution >= 4 is 45.2 Å². The zero-order valence-corrected chi connectivity index (χ0v) is 22.3. The zero-order valence-electron chi connectivity index (χ0n) is 21.5. The van der Waals surface area contributed by atoms with Crippen molar-refractivity contribution in [1.29, 1.82) is 0 Å². The van der Waals surface area contributed by atoms with E-state index in [0.717, 1.165) is 24.1 Å². The third kappa shape index (κ3) is 3.81. The maximum Gasteiger partial charge on any atom is 0.0689 e. The van der Waals surface area contributed by atoms with E-state index >= 15 is 0 Å². The third-order valence-electron chi connectivity index (χ3n) is 7.92. The number of aromatic nitrogens is 1. The van der Waals surface area contributed by atoms with E-state index in [0.29, 0.717) is 5.25 Å². The van der Waals surface area contributed by atoms with Crippen molar-refractivity contribution in [2.75, 3.05) is 4.90 Å². The van der Waals surface area contributed by atoms with Gasteiger partial charge < -0.3 is 9.88 Å². The van der Waals surface area contributed by atoms with Crippen molar-refractivity contribution in [3.63, 3.8) is 0 Å². The first kappa shape index (κ1) is 23.2. The molecule has 0 amide bonds. The highest BCUT2D eigenvalue weighted by Gasteiger charge is 2.37. The summed E-state index contributed by atoms with van der Waals surface area (Å²) in [7, 11) is 0. The molecule has 4 aromatic rings. The molecule has 186 valence electrons. The van der Waals surface area contributed by atoms with Crippen molar-refractivity contribution in [3.8, 4) is 0 Å². The molecule has 0 bridgehead atoms. The predicted octanol–water partition coefficient (Wildman–Crippen LogP) is 9.25. The zero-order chi connectivity index (χ0) is 25.6. The molecule has 2 aliphatic carbocycles. The summed E-state index contributed by atoms with van der Waals surface area (Å²) in [6.07, 6.45) is 18.4. The number of hydrogen-bond acceptors (Lipinski definition) is 2. The maximum absolute atomic E-state index is 4.22. The Balaban J connectivity index is 1.32. The van der Waals surface area contributed by atoms with Gasteiger partial charge in [-0.15, -0.1) is 11.8 Å². The van der Waals surface area contributed by atoms with Gasteiger partial charge in [0.2, 0.25) is 0 Å². The molecule has 1 aromatic heterocycles. The number of hydrogen-bond donors (Lipinski definition) is 1. The molecule has 7 rings (SSSR count). The first-order chi connectivity index (χ1) is 18.7. The highest BCUT2D eigenvalue weighted by molar-refractivity contribution is 8.04. The van der Waals surface area contributed by atoms with Gasteiger partial charge in [-0.05, 0) is 71.5 Å². The summed E-state index contributed by atoms with van der Waals surface area (Å²) < 4.78 is 0. The summed E-state index contributed by atoms with van der Waals surface area (Å²) in [4.78, 5) is 7.63. The second kappa shape index (κ2) is 9.41. The first-order valence-electron chi connectivity index (χ1n) is 13.4. The molecule has 0 spiro atoms. The average Bonchev–Trinajstić information content (AvgIpc) is 3.30. The van der Waals surface area contributed by atoms with Crippen LogP contribution in [0, 0.1) is 6.92 Å². The second-order valence-corrected chi connectivity index (χ2v) is 11.4. The predicted molar refractivity (Wildman–Crippen MR) is 165 cm³/mol. The van der Waals surface area contributed by atoms with Gasteiger partial charge >= 0.3 is 0 Å². The number of benzene rings is 3. The van der Waals surface area contributed by atoms with E-state index in [1.54, 1.807) is 0 Å². The van der Waals surface area contributed by atoms with Crippen LogP contribution in [0.3, 0.4) is 0 Å². The van der Waals surface area contributed by atoms with Crippen molar-refractivity contribution in [2.45, 2.75) is 31.1 Å². The molecule has 0 saturated carbocycles.